The number of carbonyl (C=O) groups excluding carboxylic acids is 3. The summed E-state index contributed by atoms with van der Waals surface area (Å²) in [6.45, 7) is 0.433. The van der Waals surface area contributed by atoms with Crippen molar-refractivity contribution in [1.29, 1.82) is 0 Å². The Bertz CT molecular complexity index is 580. The van der Waals surface area contributed by atoms with E-state index in [2.05, 4.69) is 35.9 Å². The van der Waals surface area contributed by atoms with E-state index in [-0.39, 0.29) is 17.4 Å². The van der Waals surface area contributed by atoms with Gasteiger partial charge in [0.05, 0.1) is 6.04 Å². The third-order valence-electron chi connectivity index (χ3n) is 4.40. The van der Waals surface area contributed by atoms with Crippen LogP contribution in [0.4, 0.5) is 0 Å². The molecule has 4 unspecified atom stereocenters. The summed E-state index contributed by atoms with van der Waals surface area (Å²) in [4.78, 5) is 50.0. The molecular weight excluding hydrogens is 424 g/mol. The first-order valence-corrected chi connectivity index (χ1v) is 11.5. The Labute approximate surface area is 179 Å². The lowest BCUT2D eigenvalue weighted by atomic mass is 10.1. The molecule has 1 saturated heterocycles. The molecule has 0 radical (unpaired) electrons. The third-order valence-corrected chi connectivity index (χ3v) is 5.78. The highest BCUT2D eigenvalue weighted by Gasteiger charge is 2.37. The number of aliphatic carboxylic acids is 1. The van der Waals surface area contributed by atoms with Crippen LogP contribution in [0, 0.1) is 0 Å². The van der Waals surface area contributed by atoms with Gasteiger partial charge in [-0.1, -0.05) is 0 Å². The second kappa shape index (κ2) is 12.5. The van der Waals surface area contributed by atoms with Crippen molar-refractivity contribution in [2.24, 2.45) is 5.73 Å². The summed E-state index contributed by atoms with van der Waals surface area (Å²) in [5.41, 5.74) is 5.94. The molecule has 3 amide bonds. The van der Waals surface area contributed by atoms with Crippen LogP contribution in [0.3, 0.4) is 0 Å². The smallest absolute Gasteiger partial charge is 0.327 e. The molecule has 12 heteroatoms. The van der Waals surface area contributed by atoms with E-state index in [4.69, 9.17) is 10.8 Å². The van der Waals surface area contributed by atoms with Gasteiger partial charge < -0.3 is 26.4 Å². The summed E-state index contributed by atoms with van der Waals surface area (Å²) in [5, 5.41) is 13.9. The highest BCUT2D eigenvalue weighted by Crippen LogP contribution is 2.19. The van der Waals surface area contributed by atoms with Crippen LogP contribution in [-0.4, -0.2) is 87.9 Å². The lowest BCUT2D eigenvalue weighted by molar-refractivity contribution is -0.142. The van der Waals surface area contributed by atoms with Crippen LogP contribution in [0.1, 0.15) is 19.3 Å². The number of hydrogen-bond donors (Lipinski definition) is 6. The molecule has 0 aromatic heterocycles. The maximum atomic E-state index is 12.7. The maximum absolute atomic E-state index is 12.7. The molecule has 5 N–H and O–H groups in total. The van der Waals surface area contributed by atoms with E-state index < -0.39 is 42.0 Å². The number of thioether (sulfide) groups is 1. The fraction of sp³-hybridized carbons (Fsp3) is 0.750. The highest BCUT2D eigenvalue weighted by molar-refractivity contribution is 7.98. The van der Waals surface area contributed by atoms with Gasteiger partial charge in [-0.25, -0.2) is 4.79 Å². The number of nitrogens with one attached hydrogen (secondary N) is 2. The molecule has 0 aliphatic carbocycles. The van der Waals surface area contributed by atoms with Crippen molar-refractivity contribution in [1.82, 2.24) is 15.5 Å². The standard InChI is InChI=1S/C16H28N4O5S3/c1-28-6-4-9(17)15(23)20-5-2-3-12(20)14(22)18-10(7-26)13(21)19-11(8-27)16(24)25/h9-12,26-27H,2-8,17H2,1H3,(H,18,22)(H,19,21)(H,24,25). The van der Waals surface area contributed by atoms with Crippen LogP contribution in [-0.2, 0) is 19.2 Å². The van der Waals surface area contributed by atoms with Gasteiger partial charge in [0, 0.05) is 18.1 Å². The van der Waals surface area contributed by atoms with Gasteiger partial charge in [-0.15, -0.1) is 0 Å². The zero-order chi connectivity index (χ0) is 21.3. The van der Waals surface area contributed by atoms with E-state index in [0.717, 1.165) is 5.75 Å². The van der Waals surface area contributed by atoms with Crippen LogP contribution >= 0.6 is 37.0 Å². The van der Waals surface area contributed by atoms with Crippen LogP contribution in [0.5, 0.6) is 0 Å². The Hall–Kier alpha value is -1.11. The molecule has 160 valence electrons. The predicted molar refractivity (Wildman–Crippen MR) is 115 cm³/mol. The first-order chi connectivity index (χ1) is 13.3. The average Bonchev–Trinajstić information content (AvgIpc) is 3.16. The van der Waals surface area contributed by atoms with Gasteiger partial charge >= 0.3 is 5.97 Å². The van der Waals surface area contributed by atoms with E-state index in [1.165, 1.54) is 4.90 Å². The van der Waals surface area contributed by atoms with E-state index >= 15 is 0 Å². The van der Waals surface area contributed by atoms with Crippen molar-refractivity contribution in [2.45, 2.75) is 43.4 Å². The zero-order valence-corrected chi connectivity index (χ0v) is 18.3. The number of hydrogen-bond acceptors (Lipinski definition) is 8. The summed E-state index contributed by atoms with van der Waals surface area (Å²) >= 11 is 9.54. The predicted octanol–water partition coefficient (Wildman–Crippen LogP) is -1.03. The van der Waals surface area contributed by atoms with Crippen molar-refractivity contribution in [3.05, 3.63) is 0 Å². The molecule has 9 nitrogen and oxygen atoms in total. The summed E-state index contributed by atoms with van der Waals surface area (Å²) < 4.78 is 0. The van der Waals surface area contributed by atoms with Gasteiger partial charge in [0.1, 0.15) is 18.1 Å². The fourth-order valence-corrected chi connectivity index (χ4v) is 3.80. The number of rotatable bonds is 11. The van der Waals surface area contributed by atoms with Crippen LogP contribution in [0.15, 0.2) is 0 Å². The molecule has 1 rings (SSSR count). The van der Waals surface area contributed by atoms with E-state index in [9.17, 15) is 19.2 Å². The van der Waals surface area contributed by atoms with Crippen molar-refractivity contribution < 1.29 is 24.3 Å². The Morgan fingerprint density at radius 1 is 1.21 bits per heavy atom. The van der Waals surface area contributed by atoms with Crippen LogP contribution in [0.25, 0.3) is 0 Å². The minimum Gasteiger partial charge on any atom is -0.480 e. The summed E-state index contributed by atoms with van der Waals surface area (Å²) in [6, 6.07) is -3.57. The van der Waals surface area contributed by atoms with Gasteiger partial charge in [-0.3, -0.25) is 14.4 Å². The summed E-state index contributed by atoms with van der Waals surface area (Å²) in [6.07, 6.45) is 3.58. The summed E-state index contributed by atoms with van der Waals surface area (Å²) in [7, 11) is 0. The first kappa shape index (κ1) is 24.9. The number of nitrogens with zero attached hydrogens (tertiary/aromatic N) is 1. The molecule has 0 spiro atoms. The van der Waals surface area contributed by atoms with E-state index in [0.29, 0.717) is 25.8 Å². The second-order valence-corrected chi connectivity index (χ2v) is 8.12. The number of carboxylic acid groups (broad SMARTS) is 1. The number of amides is 3. The second-order valence-electron chi connectivity index (χ2n) is 6.40. The van der Waals surface area contributed by atoms with Crippen LogP contribution in [0.2, 0.25) is 0 Å². The quantitative estimate of drug-likeness (QED) is 0.220. The minimum absolute atomic E-state index is 0.0234. The molecular formula is C16H28N4O5S3. The van der Waals surface area contributed by atoms with Gasteiger partial charge in [0.2, 0.25) is 17.7 Å². The van der Waals surface area contributed by atoms with Gasteiger partial charge in [-0.2, -0.15) is 37.0 Å². The average molecular weight is 453 g/mol. The minimum atomic E-state index is -1.22. The Morgan fingerprint density at radius 3 is 2.39 bits per heavy atom. The molecule has 1 heterocycles. The molecule has 1 aliphatic rings. The lowest BCUT2D eigenvalue weighted by Crippen LogP contribution is -2.57. The molecule has 0 saturated carbocycles. The number of thiol groups is 2. The topological polar surface area (TPSA) is 142 Å². The van der Waals surface area contributed by atoms with Gasteiger partial charge in [0.15, 0.2) is 0 Å². The Morgan fingerprint density at radius 2 is 1.86 bits per heavy atom. The van der Waals surface area contributed by atoms with Gasteiger partial charge in [0.25, 0.3) is 0 Å². The lowest BCUT2D eigenvalue weighted by Gasteiger charge is -2.28. The normalized spacial score (nSPS) is 19.6. The number of nitrogens with two attached hydrogens (primary N) is 1. The summed E-state index contributed by atoms with van der Waals surface area (Å²) in [5.74, 6) is -2.02. The molecule has 0 aromatic rings. The highest BCUT2D eigenvalue weighted by atomic mass is 32.2. The largest absolute Gasteiger partial charge is 0.480 e. The van der Waals surface area contributed by atoms with Crippen LogP contribution < -0.4 is 16.4 Å². The SMILES string of the molecule is CSCCC(N)C(=O)N1CCCC1C(=O)NC(CS)C(=O)NC(CS)C(=O)O. The zero-order valence-electron chi connectivity index (χ0n) is 15.7. The van der Waals surface area contributed by atoms with Gasteiger partial charge in [-0.05, 0) is 31.3 Å². The van der Waals surface area contributed by atoms with E-state index in [1.807, 2.05) is 6.26 Å². The van der Waals surface area contributed by atoms with Crippen molar-refractivity contribution >= 4 is 60.7 Å². The molecule has 28 heavy (non-hydrogen) atoms. The monoisotopic (exact) mass is 452 g/mol. The molecule has 4 atom stereocenters. The molecule has 0 aromatic carbocycles. The Kier molecular flexibility index (Phi) is 11.1. The number of likely N-dealkylation sites (tertiary alicyclic amines) is 1. The van der Waals surface area contributed by atoms with E-state index in [1.54, 1.807) is 11.8 Å². The molecule has 0 bridgehead atoms. The molecule has 1 aliphatic heterocycles. The fourth-order valence-electron chi connectivity index (χ4n) is 2.80. The number of carboxylic acids is 1. The van der Waals surface area contributed by atoms with Crippen molar-refractivity contribution in [2.75, 3.05) is 30.1 Å². The van der Waals surface area contributed by atoms with Crippen molar-refractivity contribution in [3.8, 4) is 0 Å². The molecule has 1 fully saturated rings. The van der Waals surface area contributed by atoms with Crippen molar-refractivity contribution in [3.63, 3.8) is 0 Å². The Balaban J connectivity index is 2.73. The first-order valence-electron chi connectivity index (χ1n) is 8.87. The maximum Gasteiger partial charge on any atom is 0.327 e. The number of carbonyl (C=O) groups is 4. The third kappa shape index (κ3) is 7.05.